The molecule has 0 heterocycles. The Hall–Kier alpha value is -2.66. The molecule has 0 fully saturated rings. The second-order valence-electron chi connectivity index (χ2n) is 5.01. The Balaban J connectivity index is 2.05. The van der Waals surface area contributed by atoms with Gasteiger partial charge in [0.15, 0.2) is 5.78 Å². The van der Waals surface area contributed by atoms with Gasteiger partial charge < -0.3 is 10.6 Å². The summed E-state index contributed by atoms with van der Waals surface area (Å²) in [6.45, 7) is 3.26. The zero-order valence-corrected chi connectivity index (χ0v) is 13.4. The van der Waals surface area contributed by atoms with E-state index in [0.29, 0.717) is 22.0 Å². The lowest BCUT2D eigenvalue weighted by Gasteiger charge is -2.08. The SMILES string of the molecule is CC(=O)c1cccc(NC(=O)C(=O)Nc2ccc(C)c(Cl)c2)c1. The molecule has 0 aliphatic rings. The number of nitrogens with one attached hydrogen (secondary N) is 2. The minimum Gasteiger partial charge on any atom is -0.318 e. The number of hydrogen-bond acceptors (Lipinski definition) is 3. The summed E-state index contributed by atoms with van der Waals surface area (Å²) in [5, 5.41) is 5.41. The number of anilines is 2. The van der Waals surface area contributed by atoms with E-state index in [0.717, 1.165) is 5.56 Å². The van der Waals surface area contributed by atoms with Crippen LogP contribution in [0, 0.1) is 6.92 Å². The fraction of sp³-hybridized carbons (Fsp3) is 0.118. The molecule has 0 atom stereocenters. The second-order valence-corrected chi connectivity index (χ2v) is 5.42. The molecule has 118 valence electrons. The summed E-state index contributed by atoms with van der Waals surface area (Å²) in [6, 6.07) is 11.3. The lowest BCUT2D eigenvalue weighted by Crippen LogP contribution is -2.29. The van der Waals surface area contributed by atoms with E-state index in [4.69, 9.17) is 11.6 Å². The van der Waals surface area contributed by atoms with Crippen molar-refractivity contribution >= 4 is 40.6 Å². The number of carbonyl (C=O) groups excluding carboxylic acids is 3. The van der Waals surface area contributed by atoms with Gasteiger partial charge in [-0.15, -0.1) is 0 Å². The smallest absolute Gasteiger partial charge is 0.314 e. The van der Waals surface area contributed by atoms with E-state index in [1.54, 1.807) is 36.4 Å². The highest BCUT2D eigenvalue weighted by Gasteiger charge is 2.15. The molecule has 6 heteroatoms. The number of ketones is 1. The van der Waals surface area contributed by atoms with Gasteiger partial charge in [0, 0.05) is 22.0 Å². The van der Waals surface area contributed by atoms with Crippen LogP contribution in [-0.4, -0.2) is 17.6 Å². The monoisotopic (exact) mass is 330 g/mol. The molecule has 0 unspecified atom stereocenters. The van der Waals surface area contributed by atoms with E-state index in [1.165, 1.54) is 13.0 Å². The van der Waals surface area contributed by atoms with Crippen LogP contribution in [0.1, 0.15) is 22.8 Å². The van der Waals surface area contributed by atoms with Gasteiger partial charge in [-0.2, -0.15) is 0 Å². The van der Waals surface area contributed by atoms with Crippen LogP contribution < -0.4 is 10.6 Å². The number of hydrogen-bond donors (Lipinski definition) is 2. The number of halogens is 1. The molecule has 0 bridgehead atoms. The van der Waals surface area contributed by atoms with E-state index >= 15 is 0 Å². The normalized spacial score (nSPS) is 10.0. The van der Waals surface area contributed by atoms with Gasteiger partial charge in [-0.25, -0.2) is 0 Å². The molecule has 2 amide bonds. The molecular weight excluding hydrogens is 316 g/mol. The van der Waals surface area contributed by atoms with Gasteiger partial charge in [-0.1, -0.05) is 29.8 Å². The van der Waals surface area contributed by atoms with Crippen LogP contribution in [0.25, 0.3) is 0 Å². The average molecular weight is 331 g/mol. The van der Waals surface area contributed by atoms with Crippen molar-refractivity contribution in [2.75, 3.05) is 10.6 Å². The predicted molar refractivity (Wildman–Crippen MR) is 89.9 cm³/mol. The maximum Gasteiger partial charge on any atom is 0.314 e. The van der Waals surface area contributed by atoms with Gasteiger partial charge in [-0.05, 0) is 43.7 Å². The van der Waals surface area contributed by atoms with Crippen molar-refractivity contribution in [2.24, 2.45) is 0 Å². The summed E-state index contributed by atoms with van der Waals surface area (Å²) in [7, 11) is 0. The number of benzene rings is 2. The Labute approximate surface area is 138 Å². The Kier molecular flexibility index (Phi) is 5.13. The fourth-order valence-electron chi connectivity index (χ4n) is 1.86. The summed E-state index contributed by atoms with van der Waals surface area (Å²) in [4.78, 5) is 35.1. The van der Waals surface area contributed by atoms with Crippen molar-refractivity contribution < 1.29 is 14.4 Å². The molecule has 0 aliphatic heterocycles. The Morgan fingerprint density at radius 1 is 0.913 bits per heavy atom. The number of rotatable bonds is 3. The molecule has 0 saturated heterocycles. The summed E-state index contributed by atoms with van der Waals surface area (Å²) < 4.78 is 0. The van der Waals surface area contributed by atoms with E-state index in [2.05, 4.69) is 10.6 Å². The van der Waals surface area contributed by atoms with Crippen molar-refractivity contribution in [1.82, 2.24) is 0 Å². The summed E-state index contributed by atoms with van der Waals surface area (Å²) in [6.07, 6.45) is 0. The maximum absolute atomic E-state index is 11.9. The first-order chi connectivity index (χ1) is 10.9. The molecule has 2 rings (SSSR count). The van der Waals surface area contributed by atoms with Gasteiger partial charge in [0.2, 0.25) is 0 Å². The molecule has 0 saturated carbocycles. The van der Waals surface area contributed by atoms with E-state index in [-0.39, 0.29) is 5.78 Å². The largest absolute Gasteiger partial charge is 0.318 e. The van der Waals surface area contributed by atoms with Gasteiger partial charge in [0.05, 0.1) is 0 Å². The number of Topliss-reactive ketones (excluding diaryl/α,β-unsaturated/α-hetero) is 1. The highest BCUT2D eigenvalue weighted by molar-refractivity contribution is 6.43. The summed E-state index contributed by atoms with van der Waals surface area (Å²) >= 11 is 5.97. The molecule has 0 aliphatic carbocycles. The van der Waals surface area contributed by atoms with Crippen LogP contribution in [0.3, 0.4) is 0 Å². The molecule has 2 aromatic carbocycles. The number of carbonyl (C=O) groups is 3. The van der Waals surface area contributed by atoms with Crippen molar-refractivity contribution in [3.63, 3.8) is 0 Å². The Bertz CT molecular complexity index is 787. The molecular formula is C17H15ClN2O3. The molecule has 0 spiro atoms. The first-order valence-corrected chi connectivity index (χ1v) is 7.24. The maximum atomic E-state index is 11.9. The van der Waals surface area contributed by atoms with Gasteiger partial charge in [0.1, 0.15) is 0 Å². The topological polar surface area (TPSA) is 75.3 Å². The first kappa shape index (κ1) is 16.7. The van der Waals surface area contributed by atoms with Crippen LogP contribution in [-0.2, 0) is 9.59 Å². The zero-order chi connectivity index (χ0) is 17.0. The van der Waals surface area contributed by atoms with Crippen LogP contribution in [0.5, 0.6) is 0 Å². The van der Waals surface area contributed by atoms with Crippen molar-refractivity contribution in [3.05, 3.63) is 58.6 Å². The van der Waals surface area contributed by atoms with Gasteiger partial charge in [-0.3, -0.25) is 14.4 Å². The lowest BCUT2D eigenvalue weighted by atomic mass is 10.1. The third-order valence-corrected chi connectivity index (χ3v) is 3.57. The minimum atomic E-state index is -0.831. The van der Waals surface area contributed by atoms with Gasteiger partial charge >= 0.3 is 11.8 Å². The van der Waals surface area contributed by atoms with Crippen LogP contribution in [0.4, 0.5) is 11.4 Å². The highest BCUT2D eigenvalue weighted by atomic mass is 35.5. The van der Waals surface area contributed by atoms with Crippen LogP contribution in [0.15, 0.2) is 42.5 Å². The molecule has 0 aromatic heterocycles. The van der Waals surface area contributed by atoms with E-state index < -0.39 is 11.8 Å². The fourth-order valence-corrected chi connectivity index (χ4v) is 2.04. The highest BCUT2D eigenvalue weighted by Crippen LogP contribution is 2.20. The number of aryl methyl sites for hydroxylation is 1. The Morgan fingerprint density at radius 2 is 1.52 bits per heavy atom. The lowest BCUT2D eigenvalue weighted by molar-refractivity contribution is -0.132. The molecule has 0 radical (unpaired) electrons. The molecule has 2 aromatic rings. The first-order valence-electron chi connectivity index (χ1n) is 6.86. The van der Waals surface area contributed by atoms with Crippen molar-refractivity contribution in [1.29, 1.82) is 0 Å². The molecule has 5 nitrogen and oxygen atoms in total. The third kappa shape index (κ3) is 4.40. The van der Waals surface area contributed by atoms with Crippen LogP contribution in [0.2, 0.25) is 5.02 Å². The van der Waals surface area contributed by atoms with E-state index in [9.17, 15) is 14.4 Å². The third-order valence-electron chi connectivity index (χ3n) is 3.16. The summed E-state index contributed by atoms with van der Waals surface area (Å²) in [5.41, 5.74) is 2.13. The van der Waals surface area contributed by atoms with E-state index in [1.807, 2.05) is 6.92 Å². The summed E-state index contributed by atoms with van der Waals surface area (Å²) in [5.74, 6) is -1.78. The zero-order valence-electron chi connectivity index (χ0n) is 12.6. The molecule has 2 N–H and O–H groups in total. The van der Waals surface area contributed by atoms with Crippen LogP contribution >= 0.6 is 11.6 Å². The molecule has 23 heavy (non-hydrogen) atoms. The minimum absolute atomic E-state index is 0.125. The average Bonchev–Trinajstić information content (AvgIpc) is 2.51. The standard InChI is InChI=1S/C17H15ClN2O3/c1-10-6-7-14(9-15(10)18)20-17(23)16(22)19-13-5-3-4-12(8-13)11(2)21/h3-9H,1-2H3,(H,19,22)(H,20,23). The Morgan fingerprint density at radius 3 is 2.09 bits per heavy atom. The predicted octanol–water partition coefficient (Wildman–Crippen LogP) is 3.43. The van der Waals surface area contributed by atoms with Crippen molar-refractivity contribution in [3.8, 4) is 0 Å². The second kappa shape index (κ2) is 7.07. The quantitative estimate of drug-likeness (QED) is 0.668. The van der Waals surface area contributed by atoms with Crippen molar-refractivity contribution in [2.45, 2.75) is 13.8 Å². The number of amides is 2. The van der Waals surface area contributed by atoms with Gasteiger partial charge in [0.25, 0.3) is 0 Å².